The fourth-order valence-corrected chi connectivity index (χ4v) is 6.18. The van der Waals surface area contributed by atoms with Gasteiger partial charge in [0.2, 0.25) is 5.95 Å². The summed E-state index contributed by atoms with van der Waals surface area (Å²) in [6.07, 6.45) is 7.15. The van der Waals surface area contributed by atoms with Crippen molar-refractivity contribution in [2.75, 3.05) is 61.1 Å². The predicted octanol–water partition coefficient (Wildman–Crippen LogP) is 5.00. The molecule has 2 aliphatic heterocycles. The highest BCUT2D eigenvalue weighted by molar-refractivity contribution is 7.80. The second-order valence-corrected chi connectivity index (χ2v) is 11.4. The van der Waals surface area contributed by atoms with Crippen molar-refractivity contribution in [3.05, 3.63) is 40.9 Å². The molecule has 2 aromatic rings. The molecule has 5 rings (SSSR count). The zero-order valence-electron chi connectivity index (χ0n) is 21.1. The van der Waals surface area contributed by atoms with E-state index in [2.05, 4.69) is 45.6 Å². The topological polar surface area (TPSA) is 65.6 Å². The fourth-order valence-electron chi connectivity index (χ4n) is 5.82. The van der Waals surface area contributed by atoms with Crippen LogP contribution in [0.15, 0.2) is 30.3 Å². The molecule has 1 atom stereocenters. The summed E-state index contributed by atoms with van der Waals surface area (Å²) in [5, 5.41) is 8.13. The Bertz CT molecular complexity index is 1060. The van der Waals surface area contributed by atoms with Crippen molar-refractivity contribution < 1.29 is 4.74 Å². The molecule has 36 heavy (non-hydrogen) atoms. The summed E-state index contributed by atoms with van der Waals surface area (Å²) in [6.45, 7) is 8.21. The first-order valence-corrected chi connectivity index (χ1v) is 14.1. The molecule has 194 valence electrons. The van der Waals surface area contributed by atoms with Gasteiger partial charge in [-0.05, 0) is 61.5 Å². The van der Waals surface area contributed by atoms with E-state index in [0.717, 1.165) is 62.2 Å². The molecule has 2 saturated heterocycles. The van der Waals surface area contributed by atoms with Crippen LogP contribution in [0, 0.1) is 5.92 Å². The molecule has 0 unspecified atom stereocenters. The van der Waals surface area contributed by atoms with Crippen molar-refractivity contribution in [2.45, 2.75) is 50.9 Å². The number of ether oxygens (including phenoxy) is 1. The van der Waals surface area contributed by atoms with E-state index in [1.807, 2.05) is 12.1 Å². The zero-order chi connectivity index (χ0) is 25.0. The third kappa shape index (κ3) is 6.03. The number of nitrogens with one attached hydrogen (secondary N) is 2. The molecule has 1 aliphatic carbocycles. The van der Waals surface area contributed by atoms with Gasteiger partial charge in [0.25, 0.3) is 0 Å². The maximum atomic E-state index is 6.33. The lowest BCUT2D eigenvalue weighted by atomic mass is 9.79. The number of hydrogen-bond acceptors (Lipinski definition) is 6. The first kappa shape index (κ1) is 25.5. The number of aromatic nitrogens is 2. The molecule has 0 radical (unpaired) electrons. The number of nitrogens with zero attached hydrogens (tertiary/aromatic N) is 4. The van der Waals surface area contributed by atoms with Crippen LogP contribution < -0.4 is 20.4 Å². The average molecular weight is 529 g/mol. The Morgan fingerprint density at radius 2 is 1.83 bits per heavy atom. The Morgan fingerprint density at radius 3 is 2.56 bits per heavy atom. The first-order chi connectivity index (χ1) is 17.5. The molecule has 3 fully saturated rings. The SMILES string of the molecule is C[C@H]1CCCN(c2cc(N3CCOCC3)nc(NC(=S)NCC3(c4cccc(Cl)c4)CCCC3)n2)C1. The van der Waals surface area contributed by atoms with Gasteiger partial charge >= 0.3 is 0 Å². The maximum Gasteiger partial charge on any atom is 0.232 e. The van der Waals surface area contributed by atoms with Crippen LogP contribution in [0.1, 0.15) is 51.0 Å². The van der Waals surface area contributed by atoms with Gasteiger partial charge in [0.15, 0.2) is 5.11 Å². The van der Waals surface area contributed by atoms with Gasteiger partial charge in [-0.3, -0.25) is 0 Å². The molecule has 1 aromatic heterocycles. The first-order valence-electron chi connectivity index (χ1n) is 13.3. The summed E-state index contributed by atoms with van der Waals surface area (Å²) in [5.41, 5.74) is 1.33. The molecule has 7 nitrogen and oxygen atoms in total. The monoisotopic (exact) mass is 528 g/mol. The van der Waals surface area contributed by atoms with Gasteiger partial charge in [-0.2, -0.15) is 9.97 Å². The predicted molar refractivity (Wildman–Crippen MR) is 151 cm³/mol. The van der Waals surface area contributed by atoms with Gasteiger partial charge in [0.1, 0.15) is 11.6 Å². The summed E-state index contributed by atoms with van der Waals surface area (Å²) < 4.78 is 5.56. The van der Waals surface area contributed by atoms with Crippen molar-refractivity contribution in [3.63, 3.8) is 0 Å². The quantitative estimate of drug-likeness (QED) is 0.508. The van der Waals surface area contributed by atoms with Crippen molar-refractivity contribution in [3.8, 4) is 0 Å². The standard InChI is InChI=1S/C27H37ClN6OS/c1-20-6-5-11-34(18-20)24-17-23(33-12-14-35-15-13-33)30-25(31-24)32-26(36)29-19-27(9-2-3-10-27)21-7-4-8-22(28)16-21/h4,7-8,16-17,20H,2-3,5-6,9-15,18-19H2,1H3,(H2,29,30,31,32,36)/t20-/m0/s1. The molecule has 1 saturated carbocycles. The number of hydrogen-bond donors (Lipinski definition) is 2. The lowest BCUT2D eigenvalue weighted by Crippen LogP contribution is -2.41. The lowest BCUT2D eigenvalue weighted by molar-refractivity contribution is 0.122. The Hall–Kier alpha value is -2.16. The van der Waals surface area contributed by atoms with Crippen LogP contribution in [-0.4, -0.2) is 61.0 Å². The summed E-state index contributed by atoms with van der Waals surface area (Å²) in [7, 11) is 0. The van der Waals surface area contributed by atoms with Crippen LogP contribution in [0.25, 0.3) is 0 Å². The number of halogens is 1. The fraction of sp³-hybridized carbons (Fsp3) is 0.593. The van der Waals surface area contributed by atoms with Gasteiger partial charge in [-0.15, -0.1) is 0 Å². The Morgan fingerprint density at radius 1 is 1.08 bits per heavy atom. The van der Waals surface area contributed by atoms with E-state index in [4.69, 9.17) is 38.5 Å². The Labute approximate surface area is 225 Å². The van der Waals surface area contributed by atoms with Crippen molar-refractivity contribution >= 4 is 46.5 Å². The van der Waals surface area contributed by atoms with Crippen molar-refractivity contribution in [2.24, 2.45) is 5.92 Å². The maximum absolute atomic E-state index is 6.33. The van der Waals surface area contributed by atoms with E-state index in [9.17, 15) is 0 Å². The van der Waals surface area contributed by atoms with Crippen LogP contribution in [-0.2, 0) is 10.2 Å². The summed E-state index contributed by atoms with van der Waals surface area (Å²) in [6, 6.07) is 10.4. The highest BCUT2D eigenvalue weighted by Crippen LogP contribution is 2.41. The van der Waals surface area contributed by atoms with Gasteiger partial charge in [-0.25, -0.2) is 0 Å². The number of piperidine rings is 1. The second-order valence-electron chi connectivity index (χ2n) is 10.5. The van der Waals surface area contributed by atoms with E-state index in [0.29, 0.717) is 30.2 Å². The van der Waals surface area contributed by atoms with Gasteiger partial charge in [-0.1, -0.05) is 43.5 Å². The van der Waals surface area contributed by atoms with Crippen LogP contribution in [0.3, 0.4) is 0 Å². The number of morpholine rings is 1. The zero-order valence-corrected chi connectivity index (χ0v) is 22.7. The Kier molecular flexibility index (Phi) is 8.13. The minimum absolute atomic E-state index is 0.0439. The third-order valence-electron chi connectivity index (χ3n) is 7.83. The second kappa shape index (κ2) is 11.5. The van der Waals surface area contributed by atoms with E-state index in [-0.39, 0.29) is 5.41 Å². The minimum Gasteiger partial charge on any atom is -0.378 e. The van der Waals surface area contributed by atoms with Crippen molar-refractivity contribution in [1.82, 2.24) is 15.3 Å². The molecule has 0 amide bonds. The molecule has 0 spiro atoms. The van der Waals surface area contributed by atoms with E-state index in [1.165, 1.54) is 31.2 Å². The smallest absolute Gasteiger partial charge is 0.232 e. The van der Waals surface area contributed by atoms with E-state index < -0.39 is 0 Å². The van der Waals surface area contributed by atoms with E-state index >= 15 is 0 Å². The summed E-state index contributed by atoms with van der Waals surface area (Å²) in [4.78, 5) is 14.4. The third-order valence-corrected chi connectivity index (χ3v) is 8.31. The minimum atomic E-state index is 0.0439. The summed E-state index contributed by atoms with van der Waals surface area (Å²) in [5.74, 6) is 3.11. The normalized spacial score (nSPS) is 21.9. The van der Waals surface area contributed by atoms with Gasteiger partial charge in [0.05, 0.1) is 13.2 Å². The van der Waals surface area contributed by atoms with Crippen LogP contribution in [0.5, 0.6) is 0 Å². The number of thiocarbonyl (C=S) groups is 1. The van der Waals surface area contributed by atoms with Crippen LogP contribution in [0.2, 0.25) is 5.02 Å². The highest BCUT2D eigenvalue weighted by Gasteiger charge is 2.36. The van der Waals surface area contributed by atoms with E-state index in [1.54, 1.807) is 0 Å². The Balaban J connectivity index is 1.32. The average Bonchev–Trinajstić information content (AvgIpc) is 3.38. The van der Waals surface area contributed by atoms with Gasteiger partial charge in [0, 0.05) is 49.2 Å². The number of rotatable bonds is 6. The largest absolute Gasteiger partial charge is 0.378 e. The van der Waals surface area contributed by atoms with Crippen LogP contribution in [0.4, 0.5) is 17.6 Å². The molecule has 9 heteroatoms. The summed E-state index contributed by atoms with van der Waals surface area (Å²) >= 11 is 12.1. The number of anilines is 3. The molecule has 1 aromatic carbocycles. The molecule has 3 heterocycles. The molecular weight excluding hydrogens is 492 g/mol. The highest BCUT2D eigenvalue weighted by atomic mass is 35.5. The van der Waals surface area contributed by atoms with Crippen molar-refractivity contribution in [1.29, 1.82) is 0 Å². The van der Waals surface area contributed by atoms with Gasteiger partial charge < -0.3 is 25.2 Å². The number of benzene rings is 1. The lowest BCUT2D eigenvalue weighted by Gasteiger charge is -2.33. The molecule has 0 bridgehead atoms. The van der Waals surface area contributed by atoms with Crippen LogP contribution >= 0.6 is 23.8 Å². The molecular formula is C27H37ClN6OS. The molecule has 2 N–H and O–H groups in total. The molecule has 3 aliphatic rings.